The normalized spacial score (nSPS) is 19.0. The average Bonchev–Trinajstić information content (AvgIpc) is 2.45. The Morgan fingerprint density at radius 3 is 2.22 bits per heavy atom. The Morgan fingerprint density at radius 1 is 1.22 bits per heavy atom. The molecule has 27 heavy (non-hydrogen) atoms. The second-order valence-electron chi connectivity index (χ2n) is 6.77. The molecule has 0 N–H and O–H groups in total. The SMILES string of the molecule is CCOC(=O)C1=C(OS(=O)(=O)C(F)(F)F)CN(C(=O)OC(C)(C)C)C(C)C1. The monoisotopic (exact) mass is 417 g/mol. The van der Waals surface area contributed by atoms with Crippen LogP contribution >= 0.6 is 0 Å². The van der Waals surface area contributed by atoms with E-state index >= 15 is 0 Å². The summed E-state index contributed by atoms with van der Waals surface area (Å²) in [6.45, 7) is 7.00. The summed E-state index contributed by atoms with van der Waals surface area (Å²) < 4.78 is 74.8. The van der Waals surface area contributed by atoms with Crippen molar-refractivity contribution in [2.24, 2.45) is 0 Å². The molecule has 0 fully saturated rings. The highest BCUT2D eigenvalue weighted by atomic mass is 32.2. The molecule has 12 heteroatoms. The molecule has 0 aromatic heterocycles. The lowest BCUT2D eigenvalue weighted by Gasteiger charge is -2.36. The van der Waals surface area contributed by atoms with Crippen molar-refractivity contribution in [3.05, 3.63) is 11.3 Å². The van der Waals surface area contributed by atoms with E-state index in [9.17, 15) is 31.2 Å². The molecule has 156 valence electrons. The molecule has 0 spiro atoms. The minimum atomic E-state index is -6.02. The summed E-state index contributed by atoms with van der Waals surface area (Å²) in [6, 6.07) is -0.666. The van der Waals surface area contributed by atoms with Crippen molar-refractivity contribution >= 4 is 22.2 Å². The van der Waals surface area contributed by atoms with Crippen molar-refractivity contribution in [1.29, 1.82) is 0 Å². The molecule has 1 atom stereocenters. The van der Waals surface area contributed by atoms with Crippen LogP contribution in [0, 0.1) is 0 Å². The standard InChI is InChI=1S/C15H22F3NO7S/c1-6-24-12(20)10-7-9(2)19(13(21)25-14(3,4)5)8-11(10)26-27(22,23)15(16,17)18/h9H,6-8H2,1-5H3. The lowest BCUT2D eigenvalue weighted by atomic mass is 10.0. The van der Waals surface area contributed by atoms with Crippen molar-refractivity contribution in [2.75, 3.05) is 13.2 Å². The van der Waals surface area contributed by atoms with E-state index in [1.807, 2.05) is 0 Å². The average molecular weight is 417 g/mol. The first-order chi connectivity index (χ1) is 12.1. The fourth-order valence-corrected chi connectivity index (χ4v) is 2.67. The van der Waals surface area contributed by atoms with Crippen LogP contribution in [0.1, 0.15) is 41.0 Å². The molecule has 8 nitrogen and oxygen atoms in total. The lowest BCUT2D eigenvalue weighted by Crippen LogP contribution is -2.47. The molecule has 1 aliphatic rings. The third-order valence-corrected chi connectivity index (χ3v) is 4.31. The number of esters is 1. The number of hydrogen-bond donors (Lipinski definition) is 0. The number of rotatable bonds is 4. The first kappa shape index (κ1) is 23.1. The van der Waals surface area contributed by atoms with E-state index in [-0.39, 0.29) is 18.6 Å². The maximum Gasteiger partial charge on any atom is 0.534 e. The van der Waals surface area contributed by atoms with Gasteiger partial charge in [0.25, 0.3) is 0 Å². The molecule has 0 aromatic rings. The number of carbonyl (C=O) groups is 2. The van der Waals surface area contributed by atoms with Crippen LogP contribution in [-0.2, 0) is 28.6 Å². The first-order valence-corrected chi connectivity index (χ1v) is 9.39. The molecule has 0 radical (unpaired) electrons. The van der Waals surface area contributed by atoms with E-state index in [1.54, 1.807) is 20.8 Å². The van der Waals surface area contributed by atoms with Gasteiger partial charge in [-0.05, 0) is 34.6 Å². The molecule has 1 aliphatic heterocycles. The highest BCUT2D eigenvalue weighted by molar-refractivity contribution is 7.87. The first-order valence-electron chi connectivity index (χ1n) is 7.98. The molecule has 1 rings (SSSR count). The van der Waals surface area contributed by atoms with E-state index < -0.39 is 51.6 Å². The van der Waals surface area contributed by atoms with Gasteiger partial charge in [-0.1, -0.05) is 0 Å². The summed E-state index contributed by atoms with van der Waals surface area (Å²) >= 11 is 0. The van der Waals surface area contributed by atoms with Crippen LogP contribution in [0.15, 0.2) is 11.3 Å². The fraction of sp³-hybridized carbons (Fsp3) is 0.733. The zero-order valence-corrected chi connectivity index (χ0v) is 16.4. The van der Waals surface area contributed by atoms with Gasteiger partial charge >= 0.3 is 27.7 Å². The molecule has 1 unspecified atom stereocenters. The summed E-state index contributed by atoms with van der Waals surface area (Å²) in [6.07, 6.45) is -1.15. The Labute approximate surface area is 155 Å². The Morgan fingerprint density at radius 2 is 1.78 bits per heavy atom. The lowest BCUT2D eigenvalue weighted by molar-refractivity contribution is -0.139. The number of ether oxygens (including phenoxy) is 2. The van der Waals surface area contributed by atoms with Crippen molar-refractivity contribution in [3.63, 3.8) is 0 Å². The predicted octanol–water partition coefficient (Wildman–Crippen LogP) is 2.70. The second kappa shape index (κ2) is 7.95. The second-order valence-corrected chi connectivity index (χ2v) is 8.30. The summed E-state index contributed by atoms with van der Waals surface area (Å²) in [4.78, 5) is 25.3. The van der Waals surface area contributed by atoms with E-state index in [0.29, 0.717) is 0 Å². The van der Waals surface area contributed by atoms with Gasteiger partial charge < -0.3 is 13.7 Å². The number of carbonyl (C=O) groups excluding carboxylic acids is 2. The highest BCUT2D eigenvalue weighted by Crippen LogP contribution is 2.32. The Hall–Kier alpha value is -1.98. The van der Waals surface area contributed by atoms with E-state index in [4.69, 9.17) is 9.47 Å². The molecule has 0 aromatic carbocycles. The van der Waals surface area contributed by atoms with Gasteiger partial charge in [0.1, 0.15) is 11.4 Å². The van der Waals surface area contributed by atoms with Crippen molar-refractivity contribution in [1.82, 2.24) is 4.90 Å². The van der Waals surface area contributed by atoms with Gasteiger partial charge in [0.05, 0.1) is 18.7 Å². The van der Waals surface area contributed by atoms with Crippen molar-refractivity contribution in [2.45, 2.75) is 58.2 Å². The van der Waals surface area contributed by atoms with Gasteiger partial charge in [0, 0.05) is 12.5 Å². The zero-order valence-electron chi connectivity index (χ0n) is 15.5. The van der Waals surface area contributed by atoms with Gasteiger partial charge in [-0.15, -0.1) is 0 Å². The largest absolute Gasteiger partial charge is 0.534 e. The van der Waals surface area contributed by atoms with E-state index in [2.05, 4.69) is 4.18 Å². The minimum absolute atomic E-state index is 0.0776. The number of hydrogen-bond acceptors (Lipinski definition) is 7. The number of alkyl halides is 3. The maximum absolute atomic E-state index is 12.7. The molecule has 1 heterocycles. The quantitative estimate of drug-likeness (QED) is 0.394. The van der Waals surface area contributed by atoms with Crippen molar-refractivity contribution < 1.29 is 44.8 Å². The molecular formula is C15H22F3NO7S. The van der Waals surface area contributed by atoms with E-state index in [0.717, 1.165) is 4.90 Å². The van der Waals surface area contributed by atoms with Gasteiger partial charge in [0.15, 0.2) is 0 Å². The van der Waals surface area contributed by atoms with Crippen LogP contribution in [0.3, 0.4) is 0 Å². The fourth-order valence-electron chi connectivity index (χ4n) is 2.16. The zero-order chi connectivity index (χ0) is 21.2. The Bertz CT molecular complexity index is 723. The molecular weight excluding hydrogens is 395 g/mol. The summed E-state index contributed by atoms with van der Waals surface area (Å²) in [5.74, 6) is -1.84. The molecule has 0 bridgehead atoms. The molecule has 0 saturated heterocycles. The third kappa shape index (κ3) is 6.01. The van der Waals surface area contributed by atoms with Gasteiger partial charge in [-0.2, -0.15) is 21.6 Å². The van der Waals surface area contributed by atoms with Crippen LogP contribution < -0.4 is 0 Å². The van der Waals surface area contributed by atoms with Crippen LogP contribution in [-0.4, -0.2) is 55.7 Å². The number of nitrogens with zero attached hydrogens (tertiary/aromatic N) is 1. The molecule has 0 saturated carbocycles. The van der Waals surface area contributed by atoms with Crippen molar-refractivity contribution in [3.8, 4) is 0 Å². The topological polar surface area (TPSA) is 99.2 Å². The highest BCUT2D eigenvalue weighted by Gasteiger charge is 2.50. The summed E-state index contributed by atoms with van der Waals surface area (Å²) in [5.41, 5.74) is -6.96. The Balaban J connectivity index is 3.28. The molecule has 1 amide bonds. The summed E-state index contributed by atoms with van der Waals surface area (Å²) in [7, 11) is -6.02. The van der Waals surface area contributed by atoms with Gasteiger partial charge in [-0.3, -0.25) is 4.90 Å². The predicted molar refractivity (Wildman–Crippen MR) is 86.7 cm³/mol. The van der Waals surface area contributed by atoms with Crippen LogP contribution in [0.5, 0.6) is 0 Å². The third-order valence-electron chi connectivity index (χ3n) is 3.33. The smallest absolute Gasteiger partial charge is 0.463 e. The van der Waals surface area contributed by atoms with Gasteiger partial charge in [-0.25, -0.2) is 9.59 Å². The number of amides is 1. The molecule has 0 aliphatic carbocycles. The van der Waals surface area contributed by atoms with Gasteiger partial charge in [0.2, 0.25) is 0 Å². The Kier molecular flexibility index (Phi) is 6.79. The van der Waals surface area contributed by atoms with Crippen LogP contribution in [0.25, 0.3) is 0 Å². The summed E-state index contributed by atoms with van der Waals surface area (Å²) in [5, 5.41) is 0. The van der Waals surface area contributed by atoms with Crippen LogP contribution in [0.4, 0.5) is 18.0 Å². The number of halogens is 3. The maximum atomic E-state index is 12.7. The van der Waals surface area contributed by atoms with E-state index in [1.165, 1.54) is 13.8 Å². The van der Waals surface area contributed by atoms with Crippen LogP contribution in [0.2, 0.25) is 0 Å². The minimum Gasteiger partial charge on any atom is -0.463 e.